The maximum atomic E-state index is 4.87. The van der Waals surface area contributed by atoms with E-state index in [0.717, 1.165) is 62.7 Å². The smallest absolute Gasteiger partial charge is 0.225 e. The van der Waals surface area contributed by atoms with E-state index in [4.69, 9.17) is 4.99 Å². The second-order valence-electron chi connectivity index (χ2n) is 7.14. The quantitative estimate of drug-likeness (QED) is 0.473. The minimum absolute atomic E-state index is 0.501. The minimum atomic E-state index is 0.501. The van der Waals surface area contributed by atoms with E-state index in [2.05, 4.69) is 52.8 Å². The Hall–Kier alpha value is -3.01. The van der Waals surface area contributed by atoms with Crippen molar-refractivity contribution >= 4 is 23.2 Å². The van der Waals surface area contributed by atoms with Gasteiger partial charge < -0.3 is 19.7 Å². The van der Waals surface area contributed by atoms with Gasteiger partial charge in [-0.05, 0) is 30.9 Å². The van der Waals surface area contributed by atoms with Gasteiger partial charge in [0.25, 0.3) is 0 Å². The monoisotopic (exact) mass is 425 g/mol. The van der Waals surface area contributed by atoms with E-state index in [1.807, 2.05) is 24.6 Å². The fourth-order valence-corrected chi connectivity index (χ4v) is 4.04. The summed E-state index contributed by atoms with van der Waals surface area (Å²) in [7, 11) is 1.97. The number of aliphatic imine (C=N–C) groups is 1. The Bertz CT molecular complexity index is 944. The Balaban J connectivity index is 1.41. The maximum Gasteiger partial charge on any atom is 0.225 e. The zero-order valence-electron chi connectivity index (χ0n) is 17.4. The van der Waals surface area contributed by atoms with E-state index in [9.17, 15) is 0 Å². The fourth-order valence-electron chi connectivity index (χ4n) is 3.33. The number of nitrogens with zero attached hydrogens (tertiary/aromatic N) is 8. The molecule has 158 valence electrons. The van der Waals surface area contributed by atoms with Crippen LogP contribution in [0.4, 0.5) is 5.95 Å². The molecule has 0 aliphatic carbocycles. The zero-order valence-corrected chi connectivity index (χ0v) is 18.2. The molecule has 0 atom stereocenters. The van der Waals surface area contributed by atoms with Gasteiger partial charge in [0.2, 0.25) is 5.95 Å². The number of aromatic nitrogens is 5. The van der Waals surface area contributed by atoms with Gasteiger partial charge in [-0.15, -0.1) is 21.5 Å². The number of thiophene rings is 1. The third-order valence-corrected chi connectivity index (χ3v) is 6.14. The standard InChI is InChI=1S/C20H27N9S/c1-16-25-26-18(27(16)2)15-24-20(23-9-6-17-5-3-14-30-17)29-12-10-28(11-13-29)19-21-7-4-8-22-19/h3-5,7-8,14H,6,9-13,15H2,1-2H3,(H,23,24). The summed E-state index contributed by atoms with van der Waals surface area (Å²) >= 11 is 1.79. The second kappa shape index (κ2) is 9.66. The predicted molar refractivity (Wildman–Crippen MR) is 119 cm³/mol. The number of anilines is 1. The number of aryl methyl sites for hydroxylation is 1. The van der Waals surface area contributed by atoms with E-state index in [0.29, 0.717) is 6.54 Å². The number of piperazine rings is 1. The minimum Gasteiger partial charge on any atom is -0.356 e. The Morgan fingerprint density at radius 1 is 1.13 bits per heavy atom. The van der Waals surface area contributed by atoms with Crippen molar-refractivity contribution in [2.24, 2.45) is 12.0 Å². The van der Waals surface area contributed by atoms with Gasteiger partial charge >= 0.3 is 0 Å². The summed E-state index contributed by atoms with van der Waals surface area (Å²) in [4.78, 5) is 19.5. The van der Waals surface area contributed by atoms with E-state index < -0.39 is 0 Å². The summed E-state index contributed by atoms with van der Waals surface area (Å²) in [6.07, 6.45) is 4.56. The lowest BCUT2D eigenvalue weighted by Crippen LogP contribution is -2.53. The van der Waals surface area contributed by atoms with Crippen LogP contribution in [0.15, 0.2) is 41.0 Å². The first-order valence-electron chi connectivity index (χ1n) is 10.1. The first-order chi connectivity index (χ1) is 14.7. The van der Waals surface area contributed by atoms with Crippen molar-refractivity contribution in [3.8, 4) is 0 Å². The van der Waals surface area contributed by atoms with E-state index in [1.54, 1.807) is 23.7 Å². The molecule has 0 radical (unpaired) electrons. The van der Waals surface area contributed by atoms with Gasteiger partial charge in [0.05, 0.1) is 0 Å². The number of nitrogens with one attached hydrogen (secondary N) is 1. The summed E-state index contributed by atoms with van der Waals surface area (Å²) in [6.45, 7) is 6.74. The molecule has 0 aromatic carbocycles. The lowest BCUT2D eigenvalue weighted by molar-refractivity contribution is 0.369. The van der Waals surface area contributed by atoms with Crippen LogP contribution in [0.2, 0.25) is 0 Å². The van der Waals surface area contributed by atoms with Crippen LogP contribution in [0.5, 0.6) is 0 Å². The number of rotatable bonds is 6. The molecular formula is C20H27N9S. The number of hydrogen-bond acceptors (Lipinski definition) is 7. The summed E-state index contributed by atoms with van der Waals surface area (Å²) < 4.78 is 1.98. The lowest BCUT2D eigenvalue weighted by Gasteiger charge is -2.36. The molecule has 1 N–H and O–H groups in total. The molecule has 1 aliphatic rings. The molecular weight excluding hydrogens is 398 g/mol. The van der Waals surface area contributed by atoms with Crippen molar-refractivity contribution in [2.75, 3.05) is 37.6 Å². The first-order valence-corrected chi connectivity index (χ1v) is 11.0. The average molecular weight is 426 g/mol. The van der Waals surface area contributed by atoms with Crippen molar-refractivity contribution in [1.82, 2.24) is 34.9 Å². The highest BCUT2D eigenvalue weighted by molar-refractivity contribution is 7.09. The third-order valence-electron chi connectivity index (χ3n) is 5.20. The van der Waals surface area contributed by atoms with Crippen molar-refractivity contribution in [2.45, 2.75) is 19.9 Å². The van der Waals surface area contributed by atoms with Crippen LogP contribution >= 0.6 is 11.3 Å². The van der Waals surface area contributed by atoms with E-state index in [-0.39, 0.29) is 0 Å². The normalized spacial score (nSPS) is 14.9. The fraction of sp³-hybridized carbons (Fsp3) is 0.450. The molecule has 1 aliphatic heterocycles. The van der Waals surface area contributed by atoms with Gasteiger partial charge in [-0.3, -0.25) is 0 Å². The van der Waals surface area contributed by atoms with Gasteiger partial charge in [-0.25, -0.2) is 15.0 Å². The van der Waals surface area contributed by atoms with Crippen molar-refractivity contribution < 1.29 is 0 Å². The van der Waals surface area contributed by atoms with Gasteiger partial charge in [0.15, 0.2) is 11.8 Å². The van der Waals surface area contributed by atoms with Crippen LogP contribution in [0, 0.1) is 6.92 Å². The molecule has 0 unspecified atom stereocenters. The van der Waals surface area contributed by atoms with E-state index in [1.165, 1.54) is 4.88 Å². The molecule has 30 heavy (non-hydrogen) atoms. The molecule has 0 amide bonds. The molecule has 3 aromatic heterocycles. The van der Waals surface area contributed by atoms with Gasteiger partial charge in [0, 0.05) is 57.0 Å². The van der Waals surface area contributed by atoms with Crippen LogP contribution < -0.4 is 10.2 Å². The molecule has 9 nitrogen and oxygen atoms in total. The molecule has 1 saturated heterocycles. The van der Waals surface area contributed by atoms with Crippen LogP contribution in [-0.2, 0) is 20.0 Å². The average Bonchev–Trinajstić information content (AvgIpc) is 3.42. The van der Waals surface area contributed by atoms with Crippen LogP contribution in [0.1, 0.15) is 16.5 Å². The molecule has 0 saturated carbocycles. The molecule has 0 spiro atoms. The molecule has 3 aromatic rings. The highest BCUT2D eigenvalue weighted by Gasteiger charge is 2.21. The second-order valence-corrected chi connectivity index (χ2v) is 8.17. The third kappa shape index (κ3) is 4.93. The van der Waals surface area contributed by atoms with Crippen LogP contribution in [0.25, 0.3) is 0 Å². The summed E-state index contributed by atoms with van der Waals surface area (Å²) in [5, 5.41) is 14.0. The predicted octanol–water partition coefficient (Wildman–Crippen LogP) is 1.49. The van der Waals surface area contributed by atoms with Crippen molar-refractivity contribution in [1.29, 1.82) is 0 Å². The van der Waals surface area contributed by atoms with E-state index >= 15 is 0 Å². The topological polar surface area (TPSA) is 87.4 Å². The zero-order chi connectivity index (χ0) is 20.8. The lowest BCUT2D eigenvalue weighted by atomic mass is 10.3. The first kappa shape index (κ1) is 20.3. The molecule has 1 fully saturated rings. The number of hydrogen-bond donors (Lipinski definition) is 1. The van der Waals surface area contributed by atoms with Crippen molar-refractivity contribution in [3.05, 3.63) is 52.5 Å². The Kier molecular flexibility index (Phi) is 6.53. The van der Waals surface area contributed by atoms with Gasteiger partial charge in [-0.2, -0.15) is 0 Å². The van der Waals surface area contributed by atoms with Crippen molar-refractivity contribution in [3.63, 3.8) is 0 Å². The molecule has 4 heterocycles. The number of guanidine groups is 1. The van der Waals surface area contributed by atoms with Crippen LogP contribution in [-0.4, -0.2) is 68.3 Å². The Morgan fingerprint density at radius 2 is 1.93 bits per heavy atom. The SMILES string of the molecule is Cc1nnc(CN=C(NCCc2cccs2)N2CCN(c3ncccn3)CC2)n1C. The summed E-state index contributed by atoms with van der Waals surface area (Å²) in [5.74, 6) is 3.46. The molecule has 0 bridgehead atoms. The van der Waals surface area contributed by atoms with Gasteiger partial charge in [-0.1, -0.05) is 6.07 Å². The largest absolute Gasteiger partial charge is 0.356 e. The highest BCUT2D eigenvalue weighted by atomic mass is 32.1. The molecule has 4 rings (SSSR count). The summed E-state index contributed by atoms with van der Waals surface area (Å²) in [6, 6.07) is 6.11. The highest BCUT2D eigenvalue weighted by Crippen LogP contribution is 2.11. The maximum absolute atomic E-state index is 4.87. The summed E-state index contributed by atoms with van der Waals surface area (Å²) in [5.41, 5.74) is 0. The Labute approximate surface area is 180 Å². The van der Waals surface area contributed by atoms with Crippen LogP contribution in [0.3, 0.4) is 0 Å². The Morgan fingerprint density at radius 3 is 2.60 bits per heavy atom. The molecule has 10 heteroatoms. The van der Waals surface area contributed by atoms with Gasteiger partial charge in [0.1, 0.15) is 12.4 Å².